The van der Waals surface area contributed by atoms with Crippen molar-refractivity contribution in [3.8, 4) is 0 Å². The summed E-state index contributed by atoms with van der Waals surface area (Å²) in [6.45, 7) is 0. The molecule has 2 unspecified atom stereocenters. The third-order valence-corrected chi connectivity index (χ3v) is 2.25. The molecule has 0 bridgehead atoms. The first-order valence-corrected chi connectivity index (χ1v) is 4.40. The Morgan fingerprint density at radius 1 is 1.45 bits per heavy atom. The van der Waals surface area contributed by atoms with Crippen molar-refractivity contribution < 1.29 is 17.8 Å². The van der Waals surface area contributed by atoms with Gasteiger partial charge >= 0.3 is 0 Å². The molecule has 0 aliphatic carbocycles. The number of nitrogens with one attached hydrogen (secondary N) is 1. The van der Waals surface area contributed by atoms with Crippen molar-refractivity contribution in [2.24, 2.45) is 0 Å². The molecule has 2 N–H and O–H groups in total. The zero-order valence-corrected chi connectivity index (χ0v) is 6.28. The molecular weight excluding hydrogens is 170 g/mol. The predicted molar refractivity (Wildman–Crippen MR) is 37.5 cm³/mol. The van der Waals surface area contributed by atoms with Gasteiger partial charge in [-0.25, -0.2) is 0 Å². The first-order chi connectivity index (χ1) is 5.04. The Morgan fingerprint density at radius 3 is 2.36 bits per heavy atom. The van der Waals surface area contributed by atoms with Gasteiger partial charge in [-0.1, -0.05) is 12.2 Å². The van der Waals surface area contributed by atoms with Crippen LogP contribution in [0, 0.1) is 0 Å². The minimum Gasteiger partial charge on any atom is -0.301 e. The third-order valence-electron chi connectivity index (χ3n) is 1.32. The van der Waals surface area contributed by atoms with Gasteiger partial charge in [-0.2, -0.15) is 8.42 Å². The van der Waals surface area contributed by atoms with Crippen molar-refractivity contribution in [2.45, 2.75) is 11.4 Å². The zero-order valence-electron chi connectivity index (χ0n) is 5.47. The van der Waals surface area contributed by atoms with Gasteiger partial charge in [0, 0.05) is 0 Å². The highest BCUT2D eigenvalue weighted by molar-refractivity contribution is 7.86. The van der Waals surface area contributed by atoms with Crippen molar-refractivity contribution in [3.63, 3.8) is 0 Å². The van der Waals surface area contributed by atoms with Crippen LogP contribution in [0.25, 0.3) is 0 Å². The molecule has 1 heterocycles. The summed E-state index contributed by atoms with van der Waals surface area (Å²) in [7, 11) is -4.10. The first-order valence-electron chi connectivity index (χ1n) is 2.90. The smallest absolute Gasteiger partial charge is 0.284 e. The average Bonchev–Trinajstić information content (AvgIpc) is 2.32. The summed E-state index contributed by atoms with van der Waals surface area (Å²) >= 11 is 0. The number of aldehydes is 1. The first kappa shape index (κ1) is 8.38. The van der Waals surface area contributed by atoms with E-state index in [1.54, 1.807) is 0 Å². The second-order valence-electron chi connectivity index (χ2n) is 2.15. The highest BCUT2D eigenvalue weighted by atomic mass is 32.2. The molecule has 0 amide bonds. The van der Waals surface area contributed by atoms with Crippen molar-refractivity contribution >= 4 is 16.4 Å². The van der Waals surface area contributed by atoms with E-state index in [-0.39, 0.29) is 0 Å². The van der Waals surface area contributed by atoms with Gasteiger partial charge in [0.05, 0.1) is 6.04 Å². The Morgan fingerprint density at radius 2 is 2.09 bits per heavy atom. The molecule has 1 aliphatic rings. The van der Waals surface area contributed by atoms with E-state index in [0.717, 1.165) is 0 Å². The maximum Gasteiger partial charge on any atom is 0.284 e. The van der Waals surface area contributed by atoms with Crippen molar-refractivity contribution in [1.29, 1.82) is 0 Å². The summed E-state index contributed by atoms with van der Waals surface area (Å²) in [5.74, 6) is 0. The summed E-state index contributed by atoms with van der Waals surface area (Å²) in [6, 6.07) is -0.609. The van der Waals surface area contributed by atoms with Crippen LogP contribution in [-0.2, 0) is 14.9 Å². The minimum absolute atomic E-state index is 0.557. The lowest BCUT2D eigenvalue weighted by molar-refractivity contribution is -0.108. The number of hydrogen-bond acceptors (Lipinski definition) is 4. The molecule has 1 rings (SSSR count). The lowest BCUT2D eigenvalue weighted by Gasteiger charge is -2.06. The predicted octanol–water partition coefficient (Wildman–Crippen LogP) is -1.07. The summed E-state index contributed by atoms with van der Waals surface area (Å²) in [4.78, 5) is 10.1. The second-order valence-corrected chi connectivity index (χ2v) is 3.69. The number of carbonyl (C=O) groups excluding carboxylic acids is 1. The summed E-state index contributed by atoms with van der Waals surface area (Å²) in [5, 5.41) is 1.22. The van der Waals surface area contributed by atoms with Crippen LogP contribution in [-0.4, -0.2) is 30.7 Å². The third kappa shape index (κ3) is 1.86. The molecular formula is C5H7NO4S. The molecule has 0 spiro atoms. The fraction of sp³-hybridized carbons (Fsp3) is 0.400. The molecule has 6 heteroatoms. The van der Waals surface area contributed by atoms with E-state index >= 15 is 0 Å². The molecule has 5 nitrogen and oxygen atoms in total. The Labute approximate surface area is 63.8 Å². The van der Waals surface area contributed by atoms with E-state index in [9.17, 15) is 13.2 Å². The number of rotatable bonds is 2. The fourth-order valence-electron chi connectivity index (χ4n) is 0.791. The van der Waals surface area contributed by atoms with Crippen LogP contribution in [0.4, 0.5) is 0 Å². The van der Waals surface area contributed by atoms with Gasteiger partial charge in [-0.05, 0) is 0 Å². The van der Waals surface area contributed by atoms with Crippen LogP contribution < -0.4 is 5.32 Å². The van der Waals surface area contributed by atoms with Crippen molar-refractivity contribution in [2.75, 3.05) is 0 Å². The van der Waals surface area contributed by atoms with Crippen molar-refractivity contribution in [3.05, 3.63) is 12.2 Å². The summed E-state index contributed by atoms with van der Waals surface area (Å²) < 4.78 is 29.3. The van der Waals surface area contributed by atoms with Gasteiger partial charge in [0.1, 0.15) is 6.29 Å². The second kappa shape index (κ2) is 2.72. The SMILES string of the molecule is O=CC1C=CC(S(=O)(=O)O)N1. The highest BCUT2D eigenvalue weighted by Gasteiger charge is 2.26. The fourth-order valence-corrected chi connectivity index (χ4v) is 1.41. The van der Waals surface area contributed by atoms with E-state index in [1.165, 1.54) is 12.2 Å². The Hall–Kier alpha value is -0.720. The maximum atomic E-state index is 10.4. The minimum atomic E-state index is -4.10. The number of carbonyl (C=O) groups is 1. The molecule has 11 heavy (non-hydrogen) atoms. The molecule has 0 aromatic carbocycles. The molecule has 0 aromatic rings. The molecule has 62 valence electrons. The zero-order chi connectivity index (χ0) is 8.48. The van der Waals surface area contributed by atoms with E-state index in [0.29, 0.717) is 6.29 Å². The standard InChI is InChI=1S/C5H7NO4S/c7-3-4-1-2-5(6-4)11(8,9)10/h1-6H,(H,8,9,10). The molecule has 0 aromatic heterocycles. The van der Waals surface area contributed by atoms with Crippen LogP contribution in [0.5, 0.6) is 0 Å². The van der Waals surface area contributed by atoms with E-state index in [4.69, 9.17) is 4.55 Å². The monoisotopic (exact) mass is 177 g/mol. The summed E-state index contributed by atoms with van der Waals surface area (Å²) in [6.07, 6.45) is 3.17. The number of hydrogen-bond donors (Lipinski definition) is 2. The van der Waals surface area contributed by atoms with Crippen LogP contribution >= 0.6 is 0 Å². The van der Waals surface area contributed by atoms with Crippen LogP contribution in [0.15, 0.2) is 12.2 Å². The van der Waals surface area contributed by atoms with Gasteiger partial charge in [0.2, 0.25) is 0 Å². The Balaban J connectivity index is 2.72. The van der Waals surface area contributed by atoms with Gasteiger partial charge < -0.3 is 4.79 Å². The van der Waals surface area contributed by atoms with Gasteiger partial charge in [0.25, 0.3) is 10.1 Å². The molecule has 2 atom stereocenters. The van der Waals surface area contributed by atoms with E-state index in [2.05, 4.69) is 5.32 Å². The van der Waals surface area contributed by atoms with E-state index < -0.39 is 21.5 Å². The molecule has 0 fully saturated rings. The molecule has 0 radical (unpaired) electrons. The largest absolute Gasteiger partial charge is 0.301 e. The quantitative estimate of drug-likeness (QED) is 0.318. The molecule has 0 saturated heterocycles. The van der Waals surface area contributed by atoms with Gasteiger partial charge in [-0.15, -0.1) is 0 Å². The van der Waals surface area contributed by atoms with Crippen LogP contribution in [0.2, 0.25) is 0 Å². The maximum absolute atomic E-state index is 10.4. The average molecular weight is 177 g/mol. The van der Waals surface area contributed by atoms with E-state index in [1.807, 2.05) is 0 Å². The Bertz CT molecular complexity index is 281. The highest BCUT2D eigenvalue weighted by Crippen LogP contribution is 2.05. The van der Waals surface area contributed by atoms with Gasteiger partial charge in [0.15, 0.2) is 5.37 Å². The molecule has 1 aliphatic heterocycles. The molecule has 0 saturated carbocycles. The normalized spacial score (nSPS) is 30.6. The van der Waals surface area contributed by atoms with Crippen LogP contribution in [0.3, 0.4) is 0 Å². The Kier molecular flexibility index (Phi) is 2.08. The lowest BCUT2D eigenvalue weighted by Crippen LogP contribution is -2.36. The van der Waals surface area contributed by atoms with Crippen molar-refractivity contribution in [1.82, 2.24) is 5.32 Å². The van der Waals surface area contributed by atoms with Gasteiger partial charge in [-0.3, -0.25) is 9.87 Å². The topological polar surface area (TPSA) is 83.5 Å². The lowest BCUT2D eigenvalue weighted by atomic mass is 10.4. The summed E-state index contributed by atoms with van der Waals surface area (Å²) in [5.41, 5.74) is 0. The van der Waals surface area contributed by atoms with Crippen LogP contribution in [0.1, 0.15) is 0 Å².